The predicted molar refractivity (Wildman–Crippen MR) is 73.3 cm³/mol. The molecule has 0 aromatic heterocycles. The Balaban J connectivity index is 2.13. The number of halogens is 2. The van der Waals surface area contributed by atoms with Gasteiger partial charge in [0, 0.05) is 24.9 Å². The van der Waals surface area contributed by atoms with E-state index in [0.29, 0.717) is 18.0 Å². The first-order valence-electron chi connectivity index (χ1n) is 6.53. The second kappa shape index (κ2) is 6.62. The average Bonchev–Trinajstić information content (AvgIpc) is 2.84. The van der Waals surface area contributed by atoms with Gasteiger partial charge in [-0.2, -0.15) is 0 Å². The minimum atomic E-state index is -2.62. The van der Waals surface area contributed by atoms with Crippen molar-refractivity contribution < 1.29 is 18.3 Å². The molecule has 0 saturated heterocycles. The molecule has 0 radical (unpaired) electrons. The van der Waals surface area contributed by atoms with E-state index in [1.54, 1.807) is 30.0 Å². The number of ether oxygens (including phenoxy) is 1. The van der Waals surface area contributed by atoms with E-state index in [2.05, 4.69) is 10.3 Å². The van der Waals surface area contributed by atoms with E-state index in [1.807, 2.05) is 6.92 Å². The molecule has 0 aromatic carbocycles. The highest BCUT2D eigenvalue weighted by Crippen LogP contribution is 2.27. The normalized spacial score (nSPS) is 12.8. The molecule has 7 heteroatoms. The lowest BCUT2D eigenvalue weighted by Gasteiger charge is -2.15. The Morgan fingerprint density at radius 2 is 2.29 bits per heavy atom. The summed E-state index contributed by atoms with van der Waals surface area (Å²) in [6.45, 7) is 2.25. The van der Waals surface area contributed by atoms with Crippen LogP contribution in [-0.2, 0) is 16.1 Å². The van der Waals surface area contributed by atoms with Crippen LogP contribution in [0.15, 0.2) is 24.4 Å². The second-order valence-electron chi connectivity index (χ2n) is 4.82. The molecule has 21 heavy (non-hydrogen) atoms. The Hall–Kier alpha value is -2.02. The van der Waals surface area contributed by atoms with Gasteiger partial charge in [-0.1, -0.05) is 0 Å². The van der Waals surface area contributed by atoms with Crippen LogP contribution in [-0.4, -0.2) is 35.2 Å². The van der Waals surface area contributed by atoms with Crippen molar-refractivity contribution in [3.63, 3.8) is 0 Å². The van der Waals surface area contributed by atoms with E-state index >= 15 is 0 Å². The maximum Gasteiger partial charge on any atom is 0.280 e. The zero-order valence-corrected chi connectivity index (χ0v) is 11.8. The highest BCUT2D eigenvalue weighted by atomic mass is 19.3. The third kappa shape index (κ3) is 3.75. The third-order valence-corrected chi connectivity index (χ3v) is 2.97. The Bertz CT molecular complexity index is 586. The zero-order chi connectivity index (χ0) is 15.4. The number of amides is 1. The van der Waals surface area contributed by atoms with E-state index in [4.69, 9.17) is 4.74 Å². The lowest BCUT2D eigenvalue weighted by atomic mass is 10.2. The Morgan fingerprint density at radius 3 is 2.95 bits per heavy atom. The number of pyridine rings is 1. The van der Waals surface area contributed by atoms with Crippen molar-refractivity contribution in [2.75, 3.05) is 13.7 Å². The Kier molecular flexibility index (Phi) is 4.85. The van der Waals surface area contributed by atoms with Gasteiger partial charge in [-0.15, -0.1) is 0 Å². The zero-order valence-electron chi connectivity index (χ0n) is 11.8. The fraction of sp³-hybridized carbons (Fsp3) is 0.429. The first kappa shape index (κ1) is 15.4. The van der Waals surface area contributed by atoms with E-state index in [9.17, 15) is 13.6 Å². The number of hydrogen-bond donors (Lipinski definition) is 1. The van der Waals surface area contributed by atoms with Gasteiger partial charge >= 0.3 is 0 Å². The smallest absolute Gasteiger partial charge is 0.280 e. The van der Waals surface area contributed by atoms with Gasteiger partial charge in [0.2, 0.25) is 5.91 Å². The van der Waals surface area contributed by atoms with Crippen molar-refractivity contribution >= 4 is 5.91 Å². The van der Waals surface area contributed by atoms with Crippen molar-refractivity contribution in [3.05, 3.63) is 30.1 Å². The van der Waals surface area contributed by atoms with Crippen LogP contribution in [0.5, 0.6) is 0 Å². The van der Waals surface area contributed by atoms with Crippen molar-refractivity contribution in [2.24, 2.45) is 0 Å². The maximum absolute atomic E-state index is 12.7. The van der Waals surface area contributed by atoms with Gasteiger partial charge in [-0.3, -0.25) is 4.79 Å². The number of nitrogens with zero attached hydrogens (tertiary/aromatic N) is 2. The number of carbonyl (C=O) groups is 1. The van der Waals surface area contributed by atoms with E-state index in [0.717, 1.165) is 0 Å². The van der Waals surface area contributed by atoms with Crippen LogP contribution in [0, 0.1) is 0 Å². The molecule has 2 heterocycles. The topological polar surface area (TPSA) is 56.1 Å². The van der Waals surface area contributed by atoms with Crippen LogP contribution in [0.25, 0.3) is 11.4 Å². The van der Waals surface area contributed by atoms with Gasteiger partial charge in [0.05, 0.1) is 6.61 Å². The molecule has 1 N–H and O–H groups in total. The van der Waals surface area contributed by atoms with E-state index in [1.165, 1.54) is 6.07 Å². The third-order valence-electron chi connectivity index (χ3n) is 2.97. The number of fused-ring (bicyclic) bond motifs is 1. The van der Waals surface area contributed by atoms with Gasteiger partial charge in [-0.05, 0) is 25.1 Å². The SMILES string of the molecule is COCC(C)NC(=O)Cn1cccc2cc(C(F)F)nc1-2. The van der Waals surface area contributed by atoms with Gasteiger partial charge < -0.3 is 14.6 Å². The molecule has 1 amide bonds. The number of alkyl halides is 2. The molecule has 1 unspecified atom stereocenters. The van der Waals surface area contributed by atoms with Crippen LogP contribution in [0.3, 0.4) is 0 Å². The molecular weight excluding hydrogens is 280 g/mol. The van der Waals surface area contributed by atoms with Crippen molar-refractivity contribution in [1.82, 2.24) is 14.9 Å². The number of methoxy groups -OCH3 is 1. The summed E-state index contributed by atoms with van der Waals surface area (Å²) in [6, 6.07) is 4.61. The highest BCUT2D eigenvalue weighted by molar-refractivity contribution is 5.77. The molecule has 2 aliphatic rings. The van der Waals surface area contributed by atoms with Crippen LogP contribution in [0.2, 0.25) is 0 Å². The van der Waals surface area contributed by atoms with Gasteiger partial charge in [0.1, 0.15) is 18.1 Å². The molecule has 0 aliphatic carbocycles. The highest BCUT2D eigenvalue weighted by Gasteiger charge is 2.19. The lowest BCUT2D eigenvalue weighted by molar-refractivity contribution is -0.122. The van der Waals surface area contributed by atoms with Crippen LogP contribution < -0.4 is 5.32 Å². The molecule has 0 aromatic rings. The number of hydrogen-bond acceptors (Lipinski definition) is 3. The van der Waals surface area contributed by atoms with E-state index in [-0.39, 0.29) is 24.2 Å². The molecule has 2 aliphatic heterocycles. The quantitative estimate of drug-likeness (QED) is 0.888. The van der Waals surface area contributed by atoms with Gasteiger partial charge in [0.25, 0.3) is 6.43 Å². The monoisotopic (exact) mass is 297 g/mol. The van der Waals surface area contributed by atoms with Crippen molar-refractivity contribution in [3.8, 4) is 11.4 Å². The standard InChI is InChI=1S/C14H17F2N3O2/c1-9(8-21-2)17-12(20)7-19-5-3-4-10-6-11(13(15)16)18-14(10)19/h3-6,9,13H,7-8H2,1-2H3,(H,17,20). The minimum Gasteiger partial charge on any atom is -0.383 e. The fourth-order valence-electron chi connectivity index (χ4n) is 2.12. The second-order valence-corrected chi connectivity index (χ2v) is 4.82. The Morgan fingerprint density at radius 1 is 1.52 bits per heavy atom. The molecule has 5 nitrogen and oxygen atoms in total. The van der Waals surface area contributed by atoms with Crippen LogP contribution in [0.4, 0.5) is 8.78 Å². The fourth-order valence-corrected chi connectivity index (χ4v) is 2.12. The lowest BCUT2D eigenvalue weighted by Crippen LogP contribution is -2.37. The predicted octanol–water partition coefficient (Wildman–Crippen LogP) is 2.08. The largest absolute Gasteiger partial charge is 0.383 e. The summed E-state index contributed by atoms with van der Waals surface area (Å²) in [4.78, 5) is 15.8. The summed E-state index contributed by atoms with van der Waals surface area (Å²) >= 11 is 0. The summed E-state index contributed by atoms with van der Waals surface area (Å²) < 4.78 is 31.9. The average molecular weight is 297 g/mol. The number of nitrogens with one attached hydrogen (secondary N) is 1. The summed E-state index contributed by atoms with van der Waals surface area (Å²) in [5.74, 6) is 0.154. The molecule has 2 rings (SSSR count). The summed E-state index contributed by atoms with van der Waals surface area (Å²) in [5, 5.41) is 2.76. The van der Waals surface area contributed by atoms with Crippen molar-refractivity contribution in [1.29, 1.82) is 0 Å². The Labute approximate surface area is 121 Å². The first-order chi connectivity index (χ1) is 10.0. The first-order valence-corrected chi connectivity index (χ1v) is 6.53. The van der Waals surface area contributed by atoms with Crippen LogP contribution in [0.1, 0.15) is 19.0 Å². The van der Waals surface area contributed by atoms with Gasteiger partial charge in [-0.25, -0.2) is 13.8 Å². The maximum atomic E-state index is 12.7. The summed E-state index contributed by atoms with van der Waals surface area (Å²) in [5.41, 5.74) is 0.309. The molecule has 1 atom stereocenters. The molecule has 0 fully saturated rings. The summed E-state index contributed by atoms with van der Waals surface area (Å²) in [7, 11) is 1.55. The van der Waals surface area contributed by atoms with Crippen molar-refractivity contribution in [2.45, 2.75) is 25.9 Å². The molecule has 0 bridgehead atoms. The van der Waals surface area contributed by atoms with Gasteiger partial charge in [0.15, 0.2) is 0 Å². The molecule has 0 spiro atoms. The number of rotatable bonds is 6. The molecule has 114 valence electrons. The van der Waals surface area contributed by atoms with E-state index < -0.39 is 6.43 Å². The number of aromatic nitrogens is 2. The molecular formula is C14H17F2N3O2. The summed E-state index contributed by atoms with van der Waals surface area (Å²) in [6.07, 6.45) is -0.980. The number of carbonyl (C=O) groups excluding carboxylic acids is 1. The molecule has 0 saturated carbocycles. The van der Waals surface area contributed by atoms with Crippen LogP contribution >= 0.6 is 0 Å². The minimum absolute atomic E-state index is 0.0189.